The Bertz CT molecular complexity index is 1420. The van der Waals surface area contributed by atoms with Crippen LogP contribution in [-0.4, -0.2) is 92.3 Å². The Kier molecular flexibility index (Phi) is 7.99. The molecule has 0 aromatic carbocycles. The van der Waals surface area contributed by atoms with Crippen LogP contribution in [0.5, 0.6) is 0 Å². The molecule has 0 radical (unpaired) electrons. The minimum Gasteiger partial charge on any atom is -0.394 e. The Morgan fingerprint density at radius 2 is 1.23 bits per heavy atom. The highest BCUT2D eigenvalue weighted by atomic mass is 127. The van der Waals surface area contributed by atoms with Crippen molar-refractivity contribution < 1.29 is 42.4 Å². The Labute approximate surface area is 235 Å². The summed E-state index contributed by atoms with van der Waals surface area (Å²) >= 11 is 2.01. The molecule has 13 nitrogen and oxygen atoms in total. The Morgan fingerprint density at radius 3 is 1.60 bits per heavy atom. The highest BCUT2D eigenvalue weighted by Crippen LogP contribution is 2.38. The van der Waals surface area contributed by atoms with Crippen molar-refractivity contribution >= 4 is 45.3 Å². The molecular formula is C22H23F4IN8O5. The number of ether oxygens (including phenoxy) is 2. The number of hydrogen-bond acceptors (Lipinski definition) is 11. The van der Waals surface area contributed by atoms with Gasteiger partial charge in [0.1, 0.15) is 41.6 Å². The molecule has 4 aromatic heterocycles. The van der Waals surface area contributed by atoms with E-state index in [1.54, 1.807) is 12.1 Å². The fourth-order valence-electron chi connectivity index (χ4n) is 4.65. The van der Waals surface area contributed by atoms with Crippen LogP contribution in [0.4, 0.5) is 29.2 Å². The van der Waals surface area contributed by atoms with E-state index in [1.165, 1.54) is 12.1 Å². The van der Waals surface area contributed by atoms with Crippen LogP contribution < -0.4 is 11.5 Å². The SMILES string of the molecule is Nc1nc(F)nn2c(C3O[C@H](CI)[C@@H](O)[C@H]3F)ccc12.Nc1nc(F)nn2c(C3O[C@H](CO)[C@@H](O)[C@H]3F)ccc12. The van der Waals surface area contributed by atoms with Gasteiger partial charge in [-0.25, -0.2) is 17.8 Å². The summed E-state index contributed by atoms with van der Waals surface area (Å²) in [4.78, 5) is 6.76. The van der Waals surface area contributed by atoms with Gasteiger partial charge in [-0.15, -0.1) is 10.2 Å². The van der Waals surface area contributed by atoms with Crippen LogP contribution in [0.3, 0.4) is 0 Å². The zero-order valence-corrected chi connectivity index (χ0v) is 22.4. The number of aliphatic hydroxyl groups is 3. The third-order valence-electron chi connectivity index (χ3n) is 6.64. The molecule has 0 bridgehead atoms. The first-order valence-corrected chi connectivity index (χ1v) is 13.3. The van der Waals surface area contributed by atoms with E-state index in [0.29, 0.717) is 21.2 Å². The first kappa shape index (κ1) is 28.6. The molecule has 40 heavy (non-hydrogen) atoms. The van der Waals surface area contributed by atoms with Crippen molar-refractivity contribution in [2.45, 2.75) is 49.0 Å². The normalized spacial score (nSPS) is 30.2. The molecule has 2 fully saturated rings. The number of aromatic nitrogens is 6. The highest BCUT2D eigenvalue weighted by molar-refractivity contribution is 14.1. The molecule has 2 aliphatic rings. The van der Waals surface area contributed by atoms with Crippen molar-refractivity contribution in [3.8, 4) is 0 Å². The molecular weight excluding hydrogens is 659 g/mol. The lowest BCUT2D eigenvalue weighted by atomic mass is 10.1. The minimum absolute atomic E-state index is 0.0388. The average Bonchev–Trinajstić information content (AvgIpc) is 3.66. The lowest BCUT2D eigenvalue weighted by Gasteiger charge is -2.12. The van der Waals surface area contributed by atoms with Gasteiger partial charge in [0, 0.05) is 4.43 Å². The summed E-state index contributed by atoms with van der Waals surface area (Å²) in [5.41, 5.74) is 12.3. The van der Waals surface area contributed by atoms with E-state index in [4.69, 9.17) is 26.0 Å². The highest BCUT2D eigenvalue weighted by Gasteiger charge is 2.46. The van der Waals surface area contributed by atoms with E-state index in [9.17, 15) is 27.8 Å². The van der Waals surface area contributed by atoms with Crippen LogP contribution in [0.15, 0.2) is 24.3 Å². The summed E-state index contributed by atoms with van der Waals surface area (Å²) in [5, 5.41) is 35.5. The van der Waals surface area contributed by atoms with E-state index in [-0.39, 0.29) is 17.3 Å². The van der Waals surface area contributed by atoms with Crippen molar-refractivity contribution in [2.75, 3.05) is 22.5 Å². The molecule has 6 heterocycles. The van der Waals surface area contributed by atoms with Crippen LogP contribution in [0.2, 0.25) is 0 Å². The van der Waals surface area contributed by atoms with Crippen molar-refractivity contribution in [1.29, 1.82) is 0 Å². The molecule has 2 saturated heterocycles. The molecule has 2 unspecified atom stereocenters. The van der Waals surface area contributed by atoms with Gasteiger partial charge in [0.15, 0.2) is 24.0 Å². The molecule has 8 atom stereocenters. The van der Waals surface area contributed by atoms with Crippen molar-refractivity contribution in [3.63, 3.8) is 0 Å². The number of anilines is 2. The summed E-state index contributed by atoms with van der Waals surface area (Å²) in [6.07, 6.45) is -11.9. The largest absolute Gasteiger partial charge is 0.394 e. The standard InChI is InChI=1S/C11H11F2IN4O2.C11H12F2N4O3/c12-7-8(19)6(3-14)20-9(7)4-1-2-5-10(15)16-11(13)17-18(4)5;12-7-8(19)6(3-18)20-9(7)4-1-2-5-10(14)15-11(13)16-17(4)5/h1-2,6-9,19H,3H2,(H2,15,16,17);1-2,6-9,18-19H,3H2,(H2,14,15,16)/t2*6-,7-,8-,9?/m11/s1. The summed E-state index contributed by atoms with van der Waals surface area (Å²) in [7, 11) is 0. The maximum Gasteiger partial charge on any atom is 0.327 e. The smallest absolute Gasteiger partial charge is 0.327 e. The molecule has 0 spiro atoms. The Balaban J connectivity index is 0.000000161. The Morgan fingerprint density at radius 1 is 0.800 bits per heavy atom. The summed E-state index contributed by atoms with van der Waals surface area (Å²) in [6, 6.07) is 6.06. The van der Waals surface area contributed by atoms with Gasteiger partial charge in [0.25, 0.3) is 0 Å². The Hall–Kier alpha value is -2.91. The van der Waals surface area contributed by atoms with Crippen molar-refractivity contribution in [3.05, 3.63) is 47.8 Å². The van der Waals surface area contributed by atoms with Crippen LogP contribution in [0.25, 0.3) is 11.0 Å². The molecule has 6 rings (SSSR count). The number of fused-ring (bicyclic) bond motifs is 2. The maximum atomic E-state index is 14.2. The van der Waals surface area contributed by atoms with Gasteiger partial charge >= 0.3 is 12.2 Å². The number of rotatable bonds is 4. The second-order valence-corrected chi connectivity index (χ2v) is 9.92. The average molecular weight is 682 g/mol. The van der Waals surface area contributed by atoms with Crippen LogP contribution in [0, 0.1) is 12.2 Å². The molecule has 18 heteroatoms. The van der Waals surface area contributed by atoms with Crippen molar-refractivity contribution in [1.82, 2.24) is 29.2 Å². The van der Waals surface area contributed by atoms with Gasteiger partial charge in [-0.3, -0.25) is 0 Å². The number of halogens is 5. The summed E-state index contributed by atoms with van der Waals surface area (Å²) < 4.78 is 68.1. The number of nitrogens with two attached hydrogens (primary N) is 2. The number of nitrogen functional groups attached to an aromatic ring is 2. The lowest BCUT2D eigenvalue weighted by molar-refractivity contribution is -0.0241. The first-order valence-electron chi connectivity index (χ1n) is 11.8. The lowest BCUT2D eigenvalue weighted by Crippen LogP contribution is -2.30. The molecule has 4 aromatic rings. The second-order valence-electron chi connectivity index (χ2n) is 9.04. The van der Waals surface area contributed by atoms with Crippen molar-refractivity contribution in [2.24, 2.45) is 0 Å². The molecule has 7 N–H and O–H groups in total. The van der Waals surface area contributed by atoms with E-state index >= 15 is 0 Å². The number of aliphatic hydroxyl groups excluding tert-OH is 3. The molecule has 0 amide bonds. The molecule has 0 saturated carbocycles. The van der Waals surface area contributed by atoms with Gasteiger partial charge in [-0.2, -0.15) is 18.7 Å². The maximum absolute atomic E-state index is 14.2. The van der Waals surface area contributed by atoms with Gasteiger partial charge in [0.2, 0.25) is 0 Å². The van der Waals surface area contributed by atoms with Gasteiger partial charge in [-0.05, 0) is 24.3 Å². The van der Waals surface area contributed by atoms with Gasteiger partial charge < -0.3 is 36.3 Å². The zero-order valence-electron chi connectivity index (χ0n) is 20.2. The fraction of sp³-hybridized carbons (Fsp3) is 0.455. The van der Waals surface area contributed by atoms with Gasteiger partial charge in [0.05, 0.1) is 24.1 Å². The fourth-order valence-corrected chi connectivity index (χ4v) is 5.38. The predicted molar refractivity (Wildman–Crippen MR) is 138 cm³/mol. The number of alkyl halides is 3. The summed E-state index contributed by atoms with van der Waals surface area (Å²) in [6.45, 7) is -0.521. The molecule has 216 valence electrons. The number of hydrogen-bond donors (Lipinski definition) is 5. The van der Waals surface area contributed by atoms with Crippen LogP contribution >= 0.6 is 22.6 Å². The minimum atomic E-state index is -1.76. The van der Waals surface area contributed by atoms with Crippen LogP contribution in [-0.2, 0) is 9.47 Å². The zero-order chi connectivity index (χ0) is 28.9. The molecule has 2 aliphatic heterocycles. The third-order valence-corrected chi connectivity index (χ3v) is 7.50. The predicted octanol–water partition coefficient (Wildman–Crippen LogP) is 0.606. The quantitative estimate of drug-likeness (QED) is 0.115. The number of nitrogens with zero attached hydrogens (tertiary/aromatic N) is 6. The topological polar surface area (TPSA) is 192 Å². The second kappa shape index (κ2) is 11.2. The molecule has 0 aliphatic carbocycles. The first-order chi connectivity index (χ1) is 19.0. The summed E-state index contributed by atoms with van der Waals surface area (Å²) in [5.74, 6) is -0.125. The third kappa shape index (κ3) is 4.91. The van der Waals surface area contributed by atoms with E-state index in [0.717, 1.165) is 9.03 Å². The van der Waals surface area contributed by atoms with E-state index in [2.05, 4.69) is 20.2 Å². The van der Waals surface area contributed by atoms with E-state index in [1.807, 2.05) is 22.6 Å². The van der Waals surface area contributed by atoms with Crippen LogP contribution in [0.1, 0.15) is 23.6 Å². The van der Waals surface area contributed by atoms with Gasteiger partial charge in [-0.1, -0.05) is 22.6 Å². The monoisotopic (exact) mass is 682 g/mol. The van der Waals surface area contributed by atoms with E-state index < -0.39 is 67.7 Å².